The van der Waals surface area contributed by atoms with Gasteiger partial charge in [0.05, 0.1) is 0 Å². The van der Waals surface area contributed by atoms with Gasteiger partial charge in [0.2, 0.25) is 0 Å². The maximum absolute atomic E-state index is 13.6. The van der Waals surface area contributed by atoms with E-state index in [-0.39, 0.29) is 17.7 Å². The van der Waals surface area contributed by atoms with Crippen LogP contribution in [0.2, 0.25) is 0 Å². The summed E-state index contributed by atoms with van der Waals surface area (Å²) < 4.78 is 19.3. The number of rotatable bonds is 4. The summed E-state index contributed by atoms with van der Waals surface area (Å²) in [5.41, 5.74) is 9.01. The standard InChI is InChI=1S/C16H18FNO/c1-11-7-8-12(2)13(9-11)16(10-18)19-15-6-4-3-5-14(15)17/h3-9,16H,10,18H2,1-2H3. The van der Waals surface area contributed by atoms with E-state index in [2.05, 4.69) is 0 Å². The second kappa shape index (κ2) is 5.85. The van der Waals surface area contributed by atoms with Crippen LogP contribution in [0.25, 0.3) is 0 Å². The molecule has 2 aromatic rings. The normalized spacial score (nSPS) is 12.2. The first-order valence-corrected chi connectivity index (χ1v) is 6.30. The largest absolute Gasteiger partial charge is 0.481 e. The van der Waals surface area contributed by atoms with Gasteiger partial charge in [-0.25, -0.2) is 4.39 Å². The monoisotopic (exact) mass is 259 g/mol. The Morgan fingerprint density at radius 3 is 2.58 bits per heavy atom. The van der Waals surface area contributed by atoms with Gasteiger partial charge in [0, 0.05) is 6.54 Å². The van der Waals surface area contributed by atoms with Crippen LogP contribution < -0.4 is 10.5 Å². The summed E-state index contributed by atoms with van der Waals surface area (Å²) in [4.78, 5) is 0. The SMILES string of the molecule is Cc1ccc(C)c(C(CN)Oc2ccccc2F)c1. The van der Waals surface area contributed by atoms with Crippen LogP contribution in [0, 0.1) is 19.7 Å². The van der Waals surface area contributed by atoms with Gasteiger partial charge in [-0.05, 0) is 37.1 Å². The fourth-order valence-corrected chi connectivity index (χ4v) is 2.04. The fraction of sp³-hybridized carbons (Fsp3) is 0.250. The van der Waals surface area contributed by atoms with E-state index in [0.29, 0.717) is 6.54 Å². The van der Waals surface area contributed by atoms with Gasteiger partial charge in [0.15, 0.2) is 11.6 Å². The van der Waals surface area contributed by atoms with Crippen LogP contribution in [0.1, 0.15) is 22.8 Å². The van der Waals surface area contributed by atoms with Crippen molar-refractivity contribution in [3.63, 3.8) is 0 Å². The molecule has 0 fully saturated rings. The Bertz CT molecular complexity index is 568. The zero-order valence-electron chi connectivity index (χ0n) is 11.2. The van der Waals surface area contributed by atoms with Crippen molar-refractivity contribution in [1.29, 1.82) is 0 Å². The van der Waals surface area contributed by atoms with Crippen LogP contribution in [0.4, 0.5) is 4.39 Å². The molecule has 2 aromatic carbocycles. The molecule has 0 saturated carbocycles. The summed E-state index contributed by atoms with van der Waals surface area (Å²) >= 11 is 0. The highest BCUT2D eigenvalue weighted by Crippen LogP contribution is 2.26. The molecule has 1 unspecified atom stereocenters. The van der Waals surface area contributed by atoms with Crippen LogP contribution in [0.5, 0.6) is 5.75 Å². The highest BCUT2D eigenvalue weighted by molar-refractivity contribution is 5.34. The Morgan fingerprint density at radius 1 is 1.16 bits per heavy atom. The molecule has 0 bridgehead atoms. The van der Waals surface area contributed by atoms with Crippen molar-refractivity contribution < 1.29 is 9.13 Å². The van der Waals surface area contributed by atoms with Gasteiger partial charge in [-0.1, -0.05) is 35.9 Å². The molecule has 0 radical (unpaired) electrons. The van der Waals surface area contributed by atoms with Crippen molar-refractivity contribution in [2.45, 2.75) is 20.0 Å². The van der Waals surface area contributed by atoms with Crippen LogP contribution in [-0.4, -0.2) is 6.54 Å². The second-order valence-electron chi connectivity index (χ2n) is 4.63. The van der Waals surface area contributed by atoms with E-state index >= 15 is 0 Å². The van der Waals surface area contributed by atoms with Gasteiger partial charge < -0.3 is 10.5 Å². The molecule has 0 spiro atoms. The summed E-state index contributed by atoms with van der Waals surface area (Å²) in [5, 5.41) is 0. The van der Waals surface area contributed by atoms with E-state index in [1.54, 1.807) is 18.2 Å². The lowest BCUT2D eigenvalue weighted by Crippen LogP contribution is -2.20. The minimum Gasteiger partial charge on any atom is -0.481 e. The van der Waals surface area contributed by atoms with E-state index in [1.165, 1.54) is 6.07 Å². The minimum atomic E-state index is -0.369. The molecule has 2 rings (SSSR count). The third kappa shape index (κ3) is 3.12. The number of nitrogens with two attached hydrogens (primary N) is 1. The smallest absolute Gasteiger partial charge is 0.165 e. The van der Waals surface area contributed by atoms with E-state index in [4.69, 9.17) is 10.5 Å². The molecule has 0 aliphatic carbocycles. The molecular weight excluding hydrogens is 241 g/mol. The van der Waals surface area contributed by atoms with Gasteiger partial charge in [-0.3, -0.25) is 0 Å². The first-order valence-electron chi connectivity index (χ1n) is 6.30. The topological polar surface area (TPSA) is 35.2 Å². The van der Waals surface area contributed by atoms with Crippen molar-refractivity contribution >= 4 is 0 Å². The molecule has 0 heterocycles. The van der Waals surface area contributed by atoms with Gasteiger partial charge in [0.25, 0.3) is 0 Å². The lowest BCUT2D eigenvalue weighted by molar-refractivity contribution is 0.204. The van der Waals surface area contributed by atoms with Crippen LogP contribution in [0.15, 0.2) is 42.5 Å². The molecule has 100 valence electrons. The summed E-state index contributed by atoms with van der Waals surface area (Å²) in [5.74, 6) is -0.134. The molecule has 0 aliphatic heterocycles. The van der Waals surface area contributed by atoms with Crippen LogP contribution in [0.3, 0.4) is 0 Å². The average Bonchev–Trinajstić information content (AvgIpc) is 2.41. The van der Waals surface area contributed by atoms with Gasteiger partial charge >= 0.3 is 0 Å². The van der Waals surface area contributed by atoms with E-state index in [0.717, 1.165) is 16.7 Å². The fourth-order valence-electron chi connectivity index (χ4n) is 2.04. The maximum Gasteiger partial charge on any atom is 0.165 e. The highest BCUT2D eigenvalue weighted by Gasteiger charge is 2.16. The first-order chi connectivity index (χ1) is 9.11. The lowest BCUT2D eigenvalue weighted by atomic mass is 10.0. The molecule has 1 atom stereocenters. The number of aryl methyl sites for hydroxylation is 2. The molecule has 19 heavy (non-hydrogen) atoms. The first kappa shape index (κ1) is 13.6. The van der Waals surface area contributed by atoms with Gasteiger partial charge in [0.1, 0.15) is 6.10 Å². The van der Waals surface area contributed by atoms with Crippen molar-refractivity contribution in [1.82, 2.24) is 0 Å². The molecule has 0 aromatic heterocycles. The highest BCUT2D eigenvalue weighted by atomic mass is 19.1. The van der Waals surface area contributed by atoms with Crippen molar-refractivity contribution in [2.75, 3.05) is 6.54 Å². The third-order valence-electron chi connectivity index (χ3n) is 3.10. The predicted molar refractivity (Wildman–Crippen MR) is 74.7 cm³/mol. The maximum atomic E-state index is 13.6. The predicted octanol–water partition coefficient (Wildman–Crippen LogP) is 3.52. The Labute approximate surface area is 113 Å². The summed E-state index contributed by atoms with van der Waals surface area (Å²) in [6.45, 7) is 4.32. The summed E-state index contributed by atoms with van der Waals surface area (Å²) in [7, 11) is 0. The Hall–Kier alpha value is -1.87. The van der Waals surface area contributed by atoms with E-state index < -0.39 is 0 Å². The number of halogens is 1. The molecule has 0 amide bonds. The zero-order valence-corrected chi connectivity index (χ0v) is 11.2. The quantitative estimate of drug-likeness (QED) is 0.911. The second-order valence-corrected chi connectivity index (χ2v) is 4.63. The molecule has 0 aliphatic rings. The Morgan fingerprint density at radius 2 is 1.89 bits per heavy atom. The van der Waals surface area contributed by atoms with Crippen molar-refractivity contribution in [2.24, 2.45) is 5.73 Å². The number of para-hydroxylation sites is 1. The van der Waals surface area contributed by atoms with Gasteiger partial charge in [-0.2, -0.15) is 0 Å². The average molecular weight is 259 g/mol. The van der Waals surface area contributed by atoms with Crippen LogP contribution >= 0.6 is 0 Å². The number of ether oxygens (including phenoxy) is 1. The number of hydrogen-bond acceptors (Lipinski definition) is 2. The number of benzene rings is 2. The Balaban J connectivity index is 2.30. The van der Waals surface area contributed by atoms with Gasteiger partial charge in [-0.15, -0.1) is 0 Å². The van der Waals surface area contributed by atoms with Crippen LogP contribution in [-0.2, 0) is 0 Å². The summed E-state index contributed by atoms with van der Waals surface area (Å²) in [6.07, 6.45) is -0.336. The molecule has 0 saturated heterocycles. The molecule has 3 heteroatoms. The number of hydrogen-bond donors (Lipinski definition) is 1. The summed E-state index contributed by atoms with van der Waals surface area (Å²) in [6, 6.07) is 12.5. The van der Waals surface area contributed by atoms with Crippen molar-refractivity contribution in [3.8, 4) is 5.75 Å². The minimum absolute atomic E-state index is 0.235. The Kier molecular flexibility index (Phi) is 4.17. The van der Waals surface area contributed by atoms with Crippen molar-refractivity contribution in [3.05, 3.63) is 65.0 Å². The lowest BCUT2D eigenvalue weighted by Gasteiger charge is -2.20. The molecular formula is C16H18FNO. The van der Waals surface area contributed by atoms with E-state index in [1.807, 2.05) is 32.0 Å². The zero-order chi connectivity index (χ0) is 13.8. The molecule has 2 nitrogen and oxygen atoms in total. The third-order valence-corrected chi connectivity index (χ3v) is 3.10. The van der Waals surface area contributed by atoms with E-state index in [9.17, 15) is 4.39 Å². The molecule has 2 N–H and O–H groups in total.